The smallest absolute Gasteiger partial charge is 0.341 e. The van der Waals surface area contributed by atoms with E-state index in [4.69, 9.17) is 15.6 Å². The van der Waals surface area contributed by atoms with Crippen LogP contribution in [-0.2, 0) is 4.74 Å². The quantitative estimate of drug-likeness (QED) is 0.829. The highest BCUT2D eigenvalue weighted by molar-refractivity contribution is 5.92. The van der Waals surface area contributed by atoms with Crippen molar-refractivity contribution in [3.05, 3.63) is 17.6 Å². The monoisotopic (exact) mass is 239 g/mol. The third-order valence-corrected chi connectivity index (χ3v) is 2.32. The molecule has 0 radical (unpaired) electrons. The van der Waals surface area contributed by atoms with Crippen LogP contribution in [0.2, 0.25) is 0 Å². The Labute approximate surface area is 99.8 Å². The van der Waals surface area contributed by atoms with Crippen molar-refractivity contribution in [3.8, 4) is 0 Å². The Morgan fingerprint density at radius 3 is 2.47 bits per heavy atom. The predicted molar refractivity (Wildman–Crippen MR) is 62.6 cm³/mol. The average Bonchev–Trinajstić information content (AvgIpc) is 2.15. The minimum absolute atomic E-state index is 0.0474. The molecule has 17 heavy (non-hydrogen) atoms. The minimum atomic E-state index is -1.14. The third kappa shape index (κ3) is 2.91. The summed E-state index contributed by atoms with van der Waals surface area (Å²) in [5.41, 5.74) is 5.27. The molecule has 1 aromatic rings. The van der Waals surface area contributed by atoms with Gasteiger partial charge in [0.25, 0.3) is 0 Å². The van der Waals surface area contributed by atoms with Gasteiger partial charge in [-0.25, -0.2) is 14.8 Å². The van der Waals surface area contributed by atoms with E-state index < -0.39 is 5.97 Å². The highest BCUT2D eigenvalue weighted by atomic mass is 16.5. The molecule has 0 spiro atoms. The largest absolute Gasteiger partial charge is 0.477 e. The van der Waals surface area contributed by atoms with Gasteiger partial charge < -0.3 is 15.6 Å². The number of anilines is 1. The van der Waals surface area contributed by atoms with E-state index >= 15 is 0 Å². The number of carboxylic acids is 1. The second kappa shape index (κ2) is 4.67. The molecular weight excluding hydrogens is 222 g/mol. The number of nitrogen functional groups attached to an aromatic ring is 1. The molecule has 0 bridgehead atoms. The molecule has 1 aromatic heterocycles. The van der Waals surface area contributed by atoms with Crippen LogP contribution >= 0.6 is 0 Å². The van der Waals surface area contributed by atoms with Crippen molar-refractivity contribution in [1.82, 2.24) is 9.97 Å². The van der Waals surface area contributed by atoms with E-state index in [1.54, 1.807) is 7.11 Å². The number of ether oxygens (including phenoxy) is 1. The summed E-state index contributed by atoms with van der Waals surface area (Å²) < 4.78 is 5.33. The fraction of sp³-hybridized carbons (Fsp3) is 0.545. The summed E-state index contributed by atoms with van der Waals surface area (Å²) in [7, 11) is 1.56. The molecule has 6 heteroatoms. The Balaban J connectivity index is 3.16. The summed E-state index contributed by atoms with van der Waals surface area (Å²) in [6.45, 7) is 5.93. The first-order chi connectivity index (χ1) is 7.77. The third-order valence-electron chi connectivity index (χ3n) is 2.32. The summed E-state index contributed by atoms with van der Waals surface area (Å²) in [5.74, 6) is -0.796. The Morgan fingerprint density at radius 1 is 1.53 bits per heavy atom. The molecule has 0 amide bonds. The van der Waals surface area contributed by atoms with E-state index in [0.29, 0.717) is 5.82 Å². The zero-order valence-corrected chi connectivity index (χ0v) is 10.4. The minimum Gasteiger partial charge on any atom is -0.477 e. The fourth-order valence-corrected chi connectivity index (χ4v) is 1.55. The van der Waals surface area contributed by atoms with Crippen LogP contribution < -0.4 is 5.73 Å². The first kappa shape index (κ1) is 13.4. The first-order valence-corrected chi connectivity index (χ1v) is 5.16. The lowest BCUT2D eigenvalue weighted by atomic mass is 9.88. The van der Waals surface area contributed by atoms with Gasteiger partial charge in [0.2, 0.25) is 0 Å². The summed E-state index contributed by atoms with van der Waals surface area (Å²) in [5, 5.41) is 8.82. The van der Waals surface area contributed by atoms with Crippen molar-refractivity contribution >= 4 is 11.8 Å². The Bertz CT molecular complexity index is 426. The zero-order chi connectivity index (χ0) is 13.2. The van der Waals surface area contributed by atoms with Gasteiger partial charge in [0.05, 0.1) is 0 Å². The van der Waals surface area contributed by atoms with Crippen molar-refractivity contribution in [2.75, 3.05) is 12.8 Å². The Hall–Kier alpha value is -1.69. The number of carbonyl (C=O) groups is 1. The molecule has 0 saturated heterocycles. The molecule has 0 fully saturated rings. The van der Waals surface area contributed by atoms with Crippen LogP contribution in [0.15, 0.2) is 6.20 Å². The lowest BCUT2D eigenvalue weighted by Crippen LogP contribution is -2.23. The van der Waals surface area contributed by atoms with Gasteiger partial charge in [-0.15, -0.1) is 0 Å². The van der Waals surface area contributed by atoms with Crippen LogP contribution in [0.1, 0.15) is 43.1 Å². The first-order valence-electron chi connectivity index (χ1n) is 5.16. The maximum absolute atomic E-state index is 10.8. The topological polar surface area (TPSA) is 98.3 Å². The molecule has 0 aliphatic heterocycles. The number of hydrogen-bond donors (Lipinski definition) is 2. The molecule has 0 aromatic carbocycles. The average molecular weight is 239 g/mol. The van der Waals surface area contributed by atoms with Crippen LogP contribution in [0.4, 0.5) is 5.82 Å². The Kier molecular flexibility index (Phi) is 3.67. The van der Waals surface area contributed by atoms with Crippen molar-refractivity contribution in [1.29, 1.82) is 0 Å². The zero-order valence-electron chi connectivity index (χ0n) is 10.4. The summed E-state index contributed by atoms with van der Waals surface area (Å²) in [6.07, 6.45) is 0.866. The number of methoxy groups -OCH3 is 1. The van der Waals surface area contributed by atoms with Crippen molar-refractivity contribution < 1.29 is 14.6 Å². The molecular formula is C11H17N3O3. The van der Waals surface area contributed by atoms with Crippen LogP contribution in [0.3, 0.4) is 0 Å². The number of rotatable bonds is 3. The molecule has 3 N–H and O–H groups in total. The van der Waals surface area contributed by atoms with Gasteiger partial charge in [-0.05, 0) is 5.41 Å². The van der Waals surface area contributed by atoms with E-state index in [0.717, 1.165) is 0 Å². The second-order valence-electron chi connectivity index (χ2n) is 4.81. The standard InChI is InChI=1S/C11H17N3O3/c1-11(2,3)7(17-4)9-13-5-6(10(15)16)8(12)14-9/h5,7H,1-4H3,(H,15,16)(H2,12,13,14). The number of hydrogen-bond acceptors (Lipinski definition) is 5. The van der Waals surface area contributed by atoms with Gasteiger partial charge in [-0.3, -0.25) is 0 Å². The molecule has 1 unspecified atom stereocenters. The predicted octanol–water partition coefficient (Wildman–Crippen LogP) is 1.49. The van der Waals surface area contributed by atoms with Gasteiger partial charge >= 0.3 is 5.97 Å². The summed E-state index contributed by atoms with van der Waals surface area (Å²) in [4.78, 5) is 18.8. The fourth-order valence-electron chi connectivity index (χ4n) is 1.55. The van der Waals surface area contributed by atoms with E-state index in [-0.39, 0.29) is 22.9 Å². The highest BCUT2D eigenvalue weighted by Crippen LogP contribution is 2.33. The van der Waals surface area contributed by atoms with E-state index in [1.165, 1.54) is 6.20 Å². The van der Waals surface area contributed by atoms with E-state index in [2.05, 4.69) is 9.97 Å². The number of aromatic nitrogens is 2. The number of carboxylic acid groups (broad SMARTS) is 1. The van der Waals surface area contributed by atoms with Gasteiger partial charge in [-0.2, -0.15) is 0 Å². The molecule has 1 atom stereocenters. The number of aromatic carboxylic acids is 1. The lowest BCUT2D eigenvalue weighted by molar-refractivity contribution is 0.00872. The van der Waals surface area contributed by atoms with Gasteiger partial charge in [0.1, 0.15) is 17.5 Å². The summed E-state index contributed by atoms with van der Waals surface area (Å²) >= 11 is 0. The molecule has 1 rings (SSSR count). The van der Waals surface area contributed by atoms with E-state index in [1.807, 2.05) is 20.8 Å². The van der Waals surface area contributed by atoms with Gasteiger partial charge in [0.15, 0.2) is 5.82 Å². The van der Waals surface area contributed by atoms with E-state index in [9.17, 15) is 4.79 Å². The maximum Gasteiger partial charge on any atom is 0.341 e. The highest BCUT2D eigenvalue weighted by Gasteiger charge is 2.29. The van der Waals surface area contributed by atoms with Gasteiger partial charge in [-0.1, -0.05) is 20.8 Å². The molecule has 94 valence electrons. The number of nitrogens with two attached hydrogens (primary N) is 1. The van der Waals surface area contributed by atoms with Crippen molar-refractivity contribution in [3.63, 3.8) is 0 Å². The molecule has 0 aliphatic carbocycles. The SMILES string of the molecule is COC(c1ncc(C(=O)O)c(N)n1)C(C)(C)C. The van der Waals surface area contributed by atoms with Crippen LogP contribution in [0.5, 0.6) is 0 Å². The number of nitrogens with zero attached hydrogens (tertiary/aromatic N) is 2. The Morgan fingerprint density at radius 2 is 2.12 bits per heavy atom. The van der Waals surface area contributed by atoms with Crippen LogP contribution in [-0.4, -0.2) is 28.2 Å². The molecule has 1 heterocycles. The second-order valence-corrected chi connectivity index (χ2v) is 4.81. The summed E-state index contributed by atoms with van der Waals surface area (Å²) in [6, 6.07) is 0. The van der Waals surface area contributed by atoms with Crippen LogP contribution in [0.25, 0.3) is 0 Å². The molecule has 0 aliphatic rings. The molecule has 0 saturated carbocycles. The van der Waals surface area contributed by atoms with Crippen molar-refractivity contribution in [2.24, 2.45) is 5.41 Å². The maximum atomic E-state index is 10.8. The normalized spacial score (nSPS) is 13.4. The van der Waals surface area contributed by atoms with Crippen LogP contribution in [0, 0.1) is 5.41 Å². The van der Waals surface area contributed by atoms with Gasteiger partial charge in [0, 0.05) is 13.3 Å². The molecule has 6 nitrogen and oxygen atoms in total. The van der Waals surface area contributed by atoms with Crippen molar-refractivity contribution in [2.45, 2.75) is 26.9 Å². The lowest BCUT2D eigenvalue weighted by Gasteiger charge is -2.28.